The van der Waals surface area contributed by atoms with E-state index in [1.54, 1.807) is 12.1 Å². The number of likely N-dealkylation sites (N-methyl/N-ethyl adjacent to an activating group) is 1. The third-order valence-electron chi connectivity index (χ3n) is 4.37. The van der Waals surface area contributed by atoms with Crippen LogP contribution in [0.5, 0.6) is 0 Å². The molecule has 0 radical (unpaired) electrons. The number of carbonyl (C=O) groups is 1. The number of amides is 1. The van der Waals surface area contributed by atoms with Crippen LogP contribution in [-0.2, 0) is 0 Å². The monoisotopic (exact) mass is 282 g/mol. The van der Waals surface area contributed by atoms with Crippen molar-refractivity contribution in [2.24, 2.45) is 0 Å². The lowest BCUT2D eigenvalue weighted by atomic mass is 10.0. The highest BCUT2D eigenvalue weighted by molar-refractivity contribution is 6.29. The van der Waals surface area contributed by atoms with Crippen LogP contribution >= 0.6 is 11.6 Å². The SMILES string of the molecule is CN1CCC[C@H]1[C@@H]1CCCN1C(=O)c1ccc(Cl)o1. The molecule has 2 aliphatic heterocycles. The largest absolute Gasteiger partial charge is 0.440 e. The minimum Gasteiger partial charge on any atom is -0.440 e. The van der Waals surface area contributed by atoms with Crippen molar-refractivity contribution in [2.45, 2.75) is 37.8 Å². The summed E-state index contributed by atoms with van der Waals surface area (Å²) in [6, 6.07) is 4.11. The molecule has 1 amide bonds. The highest BCUT2D eigenvalue weighted by Crippen LogP contribution is 2.30. The quantitative estimate of drug-likeness (QED) is 0.837. The Hall–Kier alpha value is -1.00. The van der Waals surface area contributed by atoms with Crippen molar-refractivity contribution in [1.82, 2.24) is 9.80 Å². The molecule has 104 valence electrons. The van der Waals surface area contributed by atoms with Crippen molar-refractivity contribution >= 4 is 17.5 Å². The Morgan fingerprint density at radius 3 is 2.63 bits per heavy atom. The first-order valence-corrected chi connectivity index (χ1v) is 7.31. The van der Waals surface area contributed by atoms with E-state index in [4.69, 9.17) is 16.0 Å². The van der Waals surface area contributed by atoms with E-state index in [1.165, 1.54) is 12.8 Å². The predicted octanol–water partition coefficient (Wildman–Crippen LogP) is 2.63. The molecule has 0 spiro atoms. The zero-order valence-electron chi connectivity index (χ0n) is 11.1. The molecule has 0 bridgehead atoms. The Labute approximate surface area is 118 Å². The highest BCUT2D eigenvalue weighted by Gasteiger charge is 2.39. The zero-order chi connectivity index (χ0) is 13.4. The molecule has 3 heterocycles. The standard InChI is InChI=1S/C14H19ClN2O2/c1-16-8-2-4-10(16)11-5-3-9-17(11)14(18)12-6-7-13(15)19-12/h6-7,10-11H,2-5,8-9H2,1H3/t10-,11-/m0/s1. The lowest BCUT2D eigenvalue weighted by Gasteiger charge is -2.32. The first-order valence-electron chi connectivity index (χ1n) is 6.93. The van der Waals surface area contributed by atoms with Gasteiger partial charge in [0, 0.05) is 18.6 Å². The van der Waals surface area contributed by atoms with Crippen LogP contribution in [0.1, 0.15) is 36.2 Å². The molecule has 1 aromatic heterocycles. The average Bonchev–Trinajstić information content (AvgIpc) is 3.07. The maximum atomic E-state index is 12.5. The van der Waals surface area contributed by atoms with E-state index in [2.05, 4.69) is 11.9 Å². The summed E-state index contributed by atoms with van der Waals surface area (Å²) >= 11 is 5.75. The smallest absolute Gasteiger partial charge is 0.289 e. The van der Waals surface area contributed by atoms with Gasteiger partial charge in [-0.15, -0.1) is 0 Å². The van der Waals surface area contributed by atoms with Crippen LogP contribution in [0.25, 0.3) is 0 Å². The van der Waals surface area contributed by atoms with Gasteiger partial charge in [0.05, 0.1) is 0 Å². The third kappa shape index (κ3) is 2.39. The van der Waals surface area contributed by atoms with Crippen molar-refractivity contribution in [2.75, 3.05) is 20.1 Å². The molecule has 0 saturated carbocycles. The van der Waals surface area contributed by atoms with Crippen molar-refractivity contribution < 1.29 is 9.21 Å². The van der Waals surface area contributed by atoms with Gasteiger partial charge in [-0.1, -0.05) is 0 Å². The van der Waals surface area contributed by atoms with Crippen LogP contribution in [-0.4, -0.2) is 47.9 Å². The third-order valence-corrected chi connectivity index (χ3v) is 4.57. The fourth-order valence-corrected chi connectivity index (χ4v) is 3.58. The summed E-state index contributed by atoms with van der Waals surface area (Å²) in [6.45, 7) is 1.96. The molecule has 19 heavy (non-hydrogen) atoms. The van der Waals surface area contributed by atoms with Crippen molar-refractivity contribution in [3.05, 3.63) is 23.1 Å². The molecule has 2 saturated heterocycles. The molecule has 4 nitrogen and oxygen atoms in total. The zero-order valence-corrected chi connectivity index (χ0v) is 11.9. The summed E-state index contributed by atoms with van der Waals surface area (Å²) in [6.07, 6.45) is 4.58. The summed E-state index contributed by atoms with van der Waals surface area (Å²) in [5.74, 6) is 0.340. The number of hydrogen-bond donors (Lipinski definition) is 0. The van der Waals surface area contributed by atoms with Gasteiger partial charge in [0.25, 0.3) is 5.91 Å². The van der Waals surface area contributed by atoms with Crippen LogP contribution in [0, 0.1) is 0 Å². The van der Waals surface area contributed by atoms with E-state index in [1.807, 2.05) is 4.90 Å². The van der Waals surface area contributed by atoms with Crippen LogP contribution < -0.4 is 0 Å². The number of carbonyl (C=O) groups excluding carboxylic acids is 1. The van der Waals surface area contributed by atoms with Crippen molar-refractivity contribution in [3.63, 3.8) is 0 Å². The molecular formula is C14H19ClN2O2. The van der Waals surface area contributed by atoms with Crippen molar-refractivity contribution in [1.29, 1.82) is 0 Å². The van der Waals surface area contributed by atoms with E-state index in [0.29, 0.717) is 17.8 Å². The van der Waals surface area contributed by atoms with Gasteiger partial charge < -0.3 is 14.2 Å². The number of nitrogens with zero attached hydrogens (tertiary/aromatic N) is 2. The molecule has 2 atom stereocenters. The van der Waals surface area contributed by atoms with Gasteiger partial charge in [-0.3, -0.25) is 4.79 Å². The Morgan fingerprint density at radius 1 is 1.26 bits per heavy atom. The van der Waals surface area contributed by atoms with Gasteiger partial charge in [-0.2, -0.15) is 0 Å². The molecule has 2 aliphatic rings. The Morgan fingerprint density at radius 2 is 2.00 bits per heavy atom. The number of hydrogen-bond acceptors (Lipinski definition) is 3. The summed E-state index contributed by atoms with van der Waals surface area (Å²) in [5, 5.41) is 0.275. The first kappa shape index (κ1) is 13.0. The predicted molar refractivity (Wildman–Crippen MR) is 73.4 cm³/mol. The topological polar surface area (TPSA) is 36.7 Å². The Balaban J connectivity index is 1.77. The molecule has 1 aromatic rings. The average molecular weight is 283 g/mol. The fourth-order valence-electron chi connectivity index (χ4n) is 3.44. The van der Waals surface area contributed by atoms with E-state index >= 15 is 0 Å². The Kier molecular flexibility index (Phi) is 3.54. The second kappa shape index (κ2) is 5.17. The van der Waals surface area contributed by atoms with Gasteiger partial charge >= 0.3 is 0 Å². The number of likely N-dealkylation sites (tertiary alicyclic amines) is 2. The minimum absolute atomic E-state index is 0.0188. The van der Waals surface area contributed by atoms with Crippen LogP contribution in [0.3, 0.4) is 0 Å². The highest BCUT2D eigenvalue weighted by atomic mass is 35.5. The Bertz CT molecular complexity index is 474. The summed E-state index contributed by atoms with van der Waals surface area (Å²) in [4.78, 5) is 16.8. The van der Waals surface area contributed by atoms with Gasteiger partial charge in [0.2, 0.25) is 0 Å². The second-order valence-electron chi connectivity index (χ2n) is 5.50. The lowest BCUT2D eigenvalue weighted by Crippen LogP contribution is -2.47. The number of rotatable bonds is 2. The maximum absolute atomic E-state index is 12.5. The molecular weight excluding hydrogens is 264 g/mol. The summed E-state index contributed by atoms with van der Waals surface area (Å²) in [7, 11) is 2.16. The van der Waals surface area contributed by atoms with Gasteiger partial charge in [-0.25, -0.2) is 0 Å². The van der Waals surface area contributed by atoms with E-state index in [0.717, 1.165) is 25.9 Å². The minimum atomic E-state index is -0.0188. The van der Waals surface area contributed by atoms with E-state index in [-0.39, 0.29) is 11.1 Å². The van der Waals surface area contributed by atoms with Gasteiger partial charge in [-0.05, 0) is 63.0 Å². The van der Waals surface area contributed by atoms with E-state index in [9.17, 15) is 4.79 Å². The molecule has 2 fully saturated rings. The molecule has 0 aromatic carbocycles. The lowest BCUT2D eigenvalue weighted by molar-refractivity contribution is 0.0633. The second-order valence-corrected chi connectivity index (χ2v) is 5.87. The van der Waals surface area contributed by atoms with Gasteiger partial charge in [0.15, 0.2) is 11.0 Å². The maximum Gasteiger partial charge on any atom is 0.289 e. The molecule has 0 N–H and O–H groups in total. The molecule has 0 aliphatic carbocycles. The molecule has 0 unspecified atom stereocenters. The van der Waals surface area contributed by atoms with Crippen LogP contribution in [0.4, 0.5) is 0 Å². The van der Waals surface area contributed by atoms with E-state index < -0.39 is 0 Å². The summed E-state index contributed by atoms with van der Waals surface area (Å²) in [5.41, 5.74) is 0. The summed E-state index contributed by atoms with van der Waals surface area (Å²) < 4.78 is 5.26. The van der Waals surface area contributed by atoms with Crippen LogP contribution in [0.2, 0.25) is 5.22 Å². The fraction of sp³-hybridized carbons (Fsp3) is 0.643. The molecule has 3 rings (SSSR count). The normalized spacial score (nSPS) is 28.2. The number of furan rings is 1. The first-order chi connectivity index (χ1) is 9.16. The van der Waals surface area contributed by atoms with Gasteiger partial charge in [0.1, 0.15) is 0 Å². The van der Waals surface area contributed by atoms with Crippen LogP contribution in [0.15, 0.2) is 16.5 Å². The van der Waals surface area contributed by atoms with Crippen molar-refractivity contribution in [3.8, 4) is 0 Å². The number of halogens is 1. The molecule has 5 heteroatoms.